The van der Waals surface area contributed by atoms with E-state index in [1.807, 2.05) is 24.3 Å². The van der Waals surface area contributed by atoms with E-state index in [9.17, 15) is 9.59 Å². The molecular weight excluding hydrogens is 414 g/mol. The fourth-order valence-corrected chi connectivity index (χ4v) is 4.55. The highest BCUT2D eigenvalue weighted by Gasteiger charge is 2.33. The second-order valence-electron chi connectivity index (χ2n) is 6.86. The quantitative estimate of drug-likeness (QED) is 0.574. The molecule has 0 amide bonds. The molecular formula is C23H21N3O4S. The van der Waals surface area contributed by atoms with Gasteiger partial charge in [-0.25, -0.2) is 9.79 Å². The third kappa shape index (κ3) is 3.94. The van der Waals surface area contributed by atoms with Crippen LogP contribution in [0.5, 0.6) is 5.75 Å². The van der Waals surface area contributed by atoms with Crippen molar-refractivity contribution in [3.63, 3.8) is 0 Å². The van der Waals surface area contributed by atoms with Crippen molar-refractivity contribution in [1.29, 1.82) is 0 Å². The maximum atomic E-state index is 13.4. The Morgan fingerprint density at radius 3 is 2.55 bits per heavy atom. The third-order valence-corrected chi connectivity index (χ3v) is 5.94. The number of allylic oxidation sites excluding steroid dienone is 1. The highest BCUT2D eigenvalue weighted by atomic mass is 32.1. The van der Waals surface area contributed by atoms with Crippen LogP contribution in [0.1, 0.15) is 31.0 Å². The highest BCUT2D eigenvalue weighted by Crippen LogP contribution is 2.31. The number of nitrogens with zero attached hydrogens (tertiary/aromatic N) is 3. The first kappa shape index (κ1) is 20.7. The van der Waals surface area contributed by atoms with Crippen LogP contribution in [0, 0.1) is 0 Å². The molecule has 4 rings (SSSR count). The molecule has 0 bridgehead atoms. The molecule has 0 N–H and O–H groups in total. The summed E-state index contributed by atoms with van der Waals surface area (Å²) in [5.74, 6) is 0.209. The number of hydrogen-bond acceptors (Lipinski definition) is 7. The average Bonchev–Trinajstić information content (AvgIpc) is 3.08. The van der Waals surface area contributed by atoms with E-state index in [1.54, 1.807) is 56.1 Å². The molecule has 8 heteroatoms. The van der Waals surface area contributed by atoms with Crippen LogP contribution in [0.4, 0.5) is 0 Å². The van der Waals surface area contributed by atoms with Gasteiger partial charge in [0, 0.05) is 12.4 Å². The first-order chi connectivity index (χ1) is 15.0. The van der Waals surface area contributed by atoms with E-state index in [1.165, 1.54) is 11.3 Å². The number of benzene rings is 1. The molecule has 3 heterocycles. The summed E-state index contributed by atoms with van der Waals surface area (Å²) >= 11 is 1.29. The van der Waals surface area contributed by atoms with Crippen molar-refractivity contribution < 1.29 is 14.3 Å². The number of fused-ring (bicyclic) bond motifs is 1. The van der Waals surface area contributed by atoms with Crippen LogP contribution in [0.25, 0.3) is 6.08 Å². The molecule has 0 unspecified atom stereocenters. The minimum atomic E-state index is -0.638. The largest absolute Gasteiger partial charge is 0.497 e. The van der Waals surface area contributed by atoms with Gasteiger partial charge in [0.15, 0.2) is 4.80 Å². The van der Waals surface area contributed by atoms with Gasteiger partial charge in [-0.05, 0) is 55.3 Å². The van der Waals surface area contributed by atoms with Crippen LogP contribution in [0.15, 0.2) is 69.8 Å². The maximum absolute atomic E-state index is 13.4. The Kier molecular flexibility index (Phi) is 5.81. The molecule has 158 valence electrons. The van der Waals surface area contributed by atoms with E-state index in [0.29, 0.717) is 26.4 Å². The Labute approximate surface area is 182 Å². The van der Waals surface area contributed by atoms with Crippen LogP contribution in [-0.4, -0.2) is 29.2 Å². The summed E-state index contributed by atoms with van der Waals surface area (Å²) in [5.41, 5.74) is 2.32. The molecule has 1 aromatic carbocycles. The zero-order valence-corrected chi connectivity index (χ0v) is 18.2. The van der Waals surface area contributed by atoms with Gasteiger partial charge in [0.1, 0.15) is 5.75 Å². The van der Waals surface area contributed by atoms with Crippen molar-refractivity contribution in [3.05, 3.63) is 90.9 Å². The number of esters is 1. The second-order valence-corrected chi connectivity index (χ2v) is 7.87. The van der Waals surface area contributed by atoms with Gasteiger partial charge in [-0.15, -0.1) is 0 Å². The van der Waals surface area contributed by atoms with Gasteiger partial charge in [0.2, 0.25) is 0 Å². The molecule has 31 heavy (non-hydrogen) atoms. The summed E-state index contributed by atoms with van der Waals surface area (Å²) < 4.78 is 12.7. The number of methoxy groups -OCH3 is 1. The molecule has 1 atom stereocenters. The number of hydrogen-bond donors (Lipinski definition) is 0. The van der Waals surface area contributed by atoms with Crippen molar-refractivity contribution >= 4 is 23.4 Å². The summed E-state index contributed by atoms with van der Waals surface area (Å²) in [4.78, 5) is 35.4. The van der Waals surface area contributed by atoms with E-state index in [0.717, 1.165) is 11.1 Å². The molecule has 1 aliphatic rings. The van der Waals surface area contributed by atoms with Crippen LogP contribution < -0.4 is 19.6 Å². The van der Waals surface area contributed by atoms with E-state index < -0.39 is 12.0 Å². The lowest BCUT2D eigenvalue weighted by Gasteiger charge is -2.24. The van der Waals surface area contributed by atoms with Gasteiger partial charge >= 0.3 is 5.97 Å². The topological polar surface area (TPSA) is 82.8 Å². The smallest absolute Gasteiger partial charge is 0.338 e. The van der Waals surface area contributed by atoms with Gasteiger partial charge in [0.05, 0.1) is 35.6 Å². The van der Waals surface area contributed by atoms with Crippen LogP contribution in [0.2, 0.25) is 0 Å². The first-order valence-corrected chi connectivity index (χ1v) is 10.6. The minimum Gasteiger partial charge on any atom is -0.497 e. The molecule has 0 saturated carbocycles. The number of carbonyl (C=O) groups excluding carboxylic acids is 1. The number of rotatable bonds is 5. The lowest BCUT2D eigenvalue weighted by molar-refractivity contribution is -0.139. The molecule has 2 aromatic heterocycles. The number of thiazole rings is 1. The Hall–Kier alpha value is -3.52. The lowest BCUT2D eigenvalue weighted by atomic mass is 9.96. The SMILES string of the molecule is CCOC(=O)C1=C(C)N=c2s/c(=C/c3ccncc3)c(=O)n2[C@H]1c1ccc(OC)cc1. The van der Waals surface area contributed by atoms with Crippen LogP contribution in [0.3, 0.4) is 0 Å². The number of ether oxygens (including phenoxy) is 2. The van der Waals surface area contributed by atoms with E-state index in [4.69, 9.17) is 9.47 Å². The summed E-state index contributed by atoms with van der Waals surface area (Å²) in [5, 5.41) is 0. The predicted molar refractivity (Wildman–Crippen MR) is 118 cm³/mol. The molecule has 7 nitrogen and oxygen atoms in total. The molecule has 0 radical (unpaired) electrons. The highest BCUT2D eigenvalue weighted by molar-refractivity contribution is 7.07. The summed E-state index contributed by atoms with van der Waals surface area (Å²) in [6, 6.07) is 10.3. The molecule has 0 spiro atoms. The van der Waals surface area contributed by atoms with Gasteiger partial charge in [-0.1, -0.05) is 23.5 Å². The molecule has 1 aliphatic heterocycles. The predicted octanol–water partition coefficient (Wildman–Crippen LogP) is 2.20. The van der Waals surface area contributed by atoms with Gasteiger partial charge < -0.3 is 9.47 Å². The summed E-state index contributed by atoms with van der Waals surface area (Å²) in [7, 11) is 1.59. The Morgan fingerprint density at radius 2 is 1.90 bits per heavy atom. The van der Waals surface area contributed by atoms with E-state index in [2.05, 4.69) is 9.98 Å². The number of pyridine rings is 1. The fourth-order valence-electron chi connectivity index (χ4n) is 3.50. The van der Waals surface area contributed by atoms with Crippen molar-refractivity contribution in [3.8, 4) is 5.75 Å². The Balaban J connectivity index is 1.95. The fraction of sp³-hybridized carbons (Fsp3) is 0.217. The standard InChI is InChI=1S/C23H21N3O4S/c1-4-30-22(28)19-14(2)25-23-26(20(19)16-5-7-17(29-3)8-6-16)21(27)18(31-23)13-15-9-11-24-12-10-15/h5-13,20H,4H2,1-3H3/b18-13+/t20-/m0/s1. The van der Waals surface area contributed by atoms with Crippen LogP contribution in [-0.2, 0) is 9.53 Å². The number of carbonyl (C=O) groups is 1. The Morgan fingerprint density at radius 1 is 1.19 bits per heavy atom. The zero-order valence-electron chi connectivity index (χ0n) is 17.4. The van der Waals surface area contributed by atoms with Gasteiger partial charge in [-0.2, -0.15) is 0 Å². The van der Waals surface area contributed by atoms with Crippen molar-refractivity contribution in [1.82, 2.24) is 9.55 Å². The second kappa shape index (κ2) is 8.69. The van der Waals surface area contributed by atoms with E-state index in [-0.39, 0.29) is 12.2 Å². The third-order valence-electron chi connectivity index (χ3n) is 4.95. The molecule has 0 saturated heterocycles. The minimum absolute atomic E-state index is 0.212. The normalized spacial score (nSPS) is 16.0. The van der Waals surface area contributed by atoms with E-state index >= 15 is 0 Å². The van der Waals surface area contributed by atoms with Crippen molar-refractivity contribution in [2.45, 2.75) is 19.9 Å². The molecule has 0 aliphatic carbocycles. The molecule has 0 fully saturated rings. The van der Waals surface area contributed by atoms with Gasteiger partial charge in [0.25, 0.3) is 5.56 Å². The monoisotopic (exact) mass is 435 g/mol. The zero-order chi connectivity index (χ0) is 22.0. The van der Waals surface area contributed by atoms with Crippen molar-refractivity contribution in [2.75, 3.05) is 13.7 Å². The summed E-state index contributed by atoms with van der Waals surface area (Å²) in [6.45, 7) is 3.75. The average molecular weight is 436 g/mol. The maximum Gasteiger partial charge on any atom is 0.338 e. The van der Waals surface area contributed by atoms with Crippen LogP contribution >= 0.6 is 11.3 Å². The summed E-state index contributed by atoms with van der Waals surface area (Å²) in [6.07, 6.45) is 5.15. The lowest BCUT2D eigenvalue weighted by Crippen LogP contribution is -2.39. The first-order valence-electron chi connectivity index (χ1n) is 9.77. The Bertz CT molecular complexity index is 1320. The molecule has 3 aromatic rings. The van der Waals surface area contributed by atoms with Crippen molar-refractivity contribution in [2.24, 2.45) is 4.99 Å². The van der Waals surface area contributed by atoms with Gasteiger partial charge in [-0.3, -0.25) is 14.3 Å². The number of aromatic nitrogens is 2.